The van der Waals surface area contributed by atoms with Crippen molar-refractivity contribution >= 4 is 5.91 Å². The molecule has 4 nitrogen and oxygen atoms in total. The zero-order valence-electron chi connectivity index (χ0n) is 10.8. The maximum Gasteiger partial charge on any atom is 0.222 e. The lowest BCUT2D eigenvalue weighted by Gasteiger charge is -2.22. The summed E-state index contributed by atoms with van der Waals surface area (Å²) in [5.41, 5.74) is 12.1. The van der Waals surface area contributed by atoms with Gasteiger partial charge in [-0.2, -0.15) is 0 Å². The van der Waals surface area contributed by atoms with Crippen molar-refractivity contribution in [3.8, 4) is 0 Å². The predicted molar refractivity (Wildman–Crippen MR) is 73.8 cm³/mol. The van der Waals surface area contributed by atoms with Crippen LogP contribution in [0.1, 0.15) is 24.8 Å². The zero-order valence-corrected chi connectivity index (χ0v) is 10.8. The Kier molecular flexibility index (Phi) is 7.06. The molecule has 0 saturated heterocycles. The Hall–Kier alpha value is -1.39. The number of carbonyl (C=O) groups excluding carboxylic acids is 1. The van der Waals surface area contributed by atoms with Gasteiger partial charge in [-0.05, 0) is 31.5 Å². The normalized spacial score (nSPS) is 10.3. The van der Waals surface area contributed by atoms with Crippen LogP contribution in [0.2, 0.25) is 0 Å². The van der Waals surface area contributed by atoms with E-state index >= 15 is 0 Å². The summed E-state index contributed by atoms with van der Waals surface area (Å²) in [5.74, 6) is 0.165. The average molecular weight is 249 g/mol. The fourth-order valence-electron chi connectivity index (χ4n) is 1.79. The molecule has 0 unspecified atom stereocenters. The van der Waals surface area contributed by atoms with E-state index in [0.717, 1.165) is 24.9 Å². The third-order valence-electron chi connectivity index (χ3n) is 2.80. The Morgan fingerprint density at radius 3 is 2.33 bits per heavy atom. The highest BCUT2D eigenvalue weighted by atomic mass is 16.2. The second-order valence-corrected chi connectivity index (χ2v) is 4.34. The number of carbonyl (C=O) groups is 1. The first-order valence-electron chi connectivity index (χ1n) is 6.49. The second-order valence-electron chi connectivity index (χ2n) is 4.34. The van der Waals surface area contributed by atoms with Crippen LogP contribution in [0.3, 0.4) is 0 Å². The molecule has 1 rings (SSSR count). The van der Waals surface area contributed by atoms with E-state index in [1.807, 2.05) is 35.2 Å². The molecule has 100 valence electrons. The third-order valence-corrected chi connectivity index (χ3v) is 2.80. The van der Waals surface area contributed by atoms with E-state index in [0.29, 0.717) is 26.1 Å². The summed E-state index contributed by atoms with van der Waals surface area (Å²) in [6.07, 6.45) is 2.10. The molecule has 0 heterocycles. The number of amides is 1. The van der Waals surface area contributed by atoms with Crippen LogP contribution in [0.15, 0.2) is 30.3 Å². The molecule has 4 N–H and O–H groups in total. The zero-order chi connectivity index (χ0) is 13.2. The van der Waals surface area contributed by atoms with Crippen molar-refractivity contribution in [1.82, 2.24) is 4.90 Å². The molecule has 0 fully saturated rings. The van der Waals surface area contributed by atoms with Gasteiger partial charge in [0.2, 0.25) is 5.91 Å². The fraction of sp³-hybridized carbons (Fsp3) is 0.500. The van der Waals surface area contributed by atoms with Gasteiger partial charge in [-0.1, -0.05) is 30.3 Å². The van der Waals surface area contributed by atoms with Crippen molar-refractivity contribution in [3.63, 3.8) is 0 Å². The SMILES string of the molecule is NCCCC(=O)N(CCCN)Cc1ccccc1. The van der Waals surface area contributed by atoms with E-state index in [2.05, 4.69) is 0 Å². The molecular formula is C14H23N3O. The molecule has 0 atom stereocenters. The van der Waals surface area contributed by atoms with Crippen molar-refractivity contribution < 1.29 is 4.79 Å². The third kappa shape index (κ3) is 5.29. The molecule has 4 heteroatoms. The molecule has 0 aliphatic rings. The number of nitrogens with zero attached hydrogens (tertiary/aromatic N) is 1. The Balaban J connectivity index is 2.57. The lowest BCUT2D eigenvalue weighted by Crippen LogP contribution is -2.32. The van der Waals surface area contributed by atoms with Crippen LogP contribution in [0.5, 0.6) is 0 Å². The average Bonchev–Trinajstić information content (AvgIpc) is 2.42. The van der Waals surface area contributed by atoms with Crippen LogP contribution in [-0.4, -0.2) is 30.4 Å². The molecule has 1 amide bonds. The van der Waals surface area contributed by atoms with E-state index in [4.69, 9.17) is 11.5 Å². The lowest BCUT2D eigenvalue weighted by molar-refractivity contribution is -0.131. The number of nitrogens with two attached hydrogens (primary N) is 2. The molecule has 0 saturated carbocycles. The first-order valence-corrected chi connectivity index (χ1v) is 6.49. The lowest BCUT2D eigenvalue weighted by atomic mass is 10.2. The Labute approximate surface area is 109 Å². The molecule has 18 heavy (non-hydrogen) atoms. The van der Waals surface area contributed by atoms with Crippen LogP contribution in [0.4, 0.5) is 0 Å². The summed E-state index contributed by atoms with van der Waals surface area (Å²) in [6, 6.07) is 10.0. The van der Waals surface area contributed by atoms with Crippen LogP contribution in [0.25, 0.3) is 0 Å². The summed E-state index contributed by atoms with van der Waals surface area (Å²) >= 11 is 0. The summed E-state index contributed by atoms with van der Waals surface area (Å²) in [5, 5.41) is 0. The fourth-order valence-corrected chi connectivity index (χ4v) is 1.79. The maximum absolute atomic E-state index is 12.0. The van der Waals surface area contributed by atoms with Crippen LogP contribution in [0, 0.1) is 0 Å². The monoisotopic (exact) mass is 249 g/mol. The highest BCUT2D eigenvalue weighted by molar-refractivity contribution is 5.76. The van der Waals surface area contributed by atoms with Gasteiger partial charge < -0.3 is 16.4 Å². The van der Waals surface area contributed by atoms with Crippen molar-refractivity contribution in [2.24, 2.45) is 11.5 Å². The summed E-state index contributed by atoms with van der Waals surface area (Å²) in [7, 11) is 0. The molecule has 0 bridgehead atoms. The number of benzene rings is 1. The van der Waals surface area contributed by atoms with E-state index in [1.54, 1.807) is 0 Å². The highest BCUT2D eigenvalue weighted by Gasteiger charge is 2.12. The minimum atomic E-state index is 0.165. The molecule has 0 aliphatic heterocycles. The van der Waals surface area contributed by atoms with E-state index < -0.39 is 0 Å². The minimum Gasteiger partial charge on any atom is -0.338 e. The topological polar surface area (TPSA) is 72.4 Å². The van der Waals surface area contributed by atoms with Gasteiger partial charge >= 0.3 is 0 Å². The Morgan fingerprint density at radius 1 is 1.06 bits per heavy atom. The number of hydrogen-bond acceptors (Lipinski definition) is 3. The highest BCUT2D eigenvalue weighted by Crippen LogP contribution is 2.07. The Morgan fingerprint density at radius 2 is 1.72 bits per heavy atom. The van der Waals surface area contributed by atoms with Crippen molar-refractivity contribution in [1.29, 1.82) is 0 Å². The van der Waals surface area contributed by atoms with Crippen LogP contribution >= 0.6 is 0 Å². The van der Waals surface area contributed by atoms with Gasteiger partial charge in [0.1, 0.15) is 0 Å². The molecular weight excluding hydrogens is 226 g/mol. The number of rotatable bonds is 8. The van der Waals surface area contributed by atoms with Gasteiger partial charge in [0.25, 0.3) is 0 Å². The molecule has 0 aliphatic carbocycles. The summed E-state index contributed by atoms with van der Waals surface area (Å²) < 4.78 is 0. The second kappa shape index (κ2) is 8.66. The summed E-state index contributed by atoms with van der Waals surface area (Å²) in [6.45, 7) is 2.54. The minimum absolute atomic E-state index is 0.165. The standard InChI is InChI=1S/C14H23N3O/c15-9-4-8-14(18)17(11-5-10-16)12-13-6-2-1-3-7-13/h1-3,6-7H,4-5,8-12,15-16H2. The van der Waals surface area contributed by atoms with Gasteiger partial charge in [-0.15, -0.1) is 0 Å². The molecule has 0 radical (unpaired) electrons. The maximum atomic E-state index is 12.0. The van der Waals surface area contributed by atoms with Crippen LogP contribution in [-0.2, 0) is 11.3 Å². The van der Waals surface area contributed by atoms with Gasteiger partial charge in [0.15, 0.2) is 0 Å². The van der Waals surface area contributed by atoms with Gasteiger partial charge in [-0.25, -0.2) is 0 Å². The van der Waals surface area contributed by atoms with Gasteiger partial charge in [0.05, 0.1) is 0 Å². The molecule has 0 spiro atoms. The first kappa shape index (κ1) is 14.7. The number of hydrogen-bond donors (Lipinski definition) is 2. The van der Waals surface area contributed by atoms with Gasteiger partial charge in [0, 0.05) is 19.5 Å². The van der Waals surface area contributed by atoms with Crippen LogP contribution < -0.4 is 11.5 Å². The summed E-state index contributed by atoms with van der Waals surface area (Å²) in [4.78, 5) is 13.9. The molecule has 1 aromatic carbocycles. The van der Waals surface area contributed by atoms with Gasteiger partial charge in [-0.3, -0.25) is 4.79 Å². The van der Waals surface area contributed by atoms with Crippen molar-refractivity contribution in [3.05, 3.63) is 35.9 Å². The largest absolute Gasteiger partial charge is 0.338 e. The smallest absolute Gasteiger partial charge is 0.222 e. The molecule has 0 aromatic heterocycles. The quantitative estimate of drug-likeness (QED) is 0.724. The Bertz CT molecular complexity index is 340. The van der Waals surface area contributed by atoms with Crippen molar-refractivity contribution in [2.45, 2.75) is 25.8 Å². The predicted octanol–water partition coefficient (Wildman–Crippen LogP) is 1.10. The molecule has 1 aromatic rings. The van der Waals surface area contributed by atoms with Crippen molar-refractivity contribution in [2.75, 3.05) is 19.6 Å². The first-order chi connectivity index (χ1) is 8.77. The van der Waals surface area contributed by atoms with E-state index in [9.17, 15) is 4.79 Å². The van der Waals surface area contributed by atoms with E-state index in [-0.39, 0.29) is 5.91 Å². The van der Waals surface area contributed by atoms with E-state index in [1.165, 1.54) is 0 Å².